The van der Waals surface area contributed by atoms with E-state index in [1.54, 1.807) is 0 Å². The van der Waals surface area contributed by atoms with Crippen molar-refractivity contribution >= 4 is 5.97 Å². The van der Waals surface area contributed by atoms with E-state index < -0.39 is 11.5 Å². The summed E-state index contributed by atoms with van der Waals surface area (Å²) in [4.78, 5) is 15.7. The summed E-state index contributed by atoms with van der Waals surface area (Å²) < 4.78 is 0. The molecule has 0 saturated carbocycles. The Morgan fingerprint density at radius 1 is 1.21 bits per heavy atom. The fraction of sp³-hybridized carbons (Fsp3) is 0.900. The Balaban J connectivity index is 2.10. The Hall–Kier alpha value is -0.610. The van der Waals surface area contributed by atoms with E-state index in [0.717, 1.165) is 45.4 Å². The van der Waals surface area contributed by atoms with Gasteiger partial charge in [0.15, 0.2) is 0 Å². The summed E-state index contributed by atoms with van der Waals surface area (Å²) in [6.07, 6.45) is 2.71. The summed E-state index contributed by atoms with van der Waals surface area (Å²) >= 11 is 0. The van der Waals surface area contributed by atoms with E-state index in [-0.39, 0.29) is 0 Å². The van der Waals surface area contributed by atoms with Gasteiger partial charge in [-0.2, -0.15) is 0 Å². The average molecular weight is 198 g/mol. The van der Waals surface area contributed by atoms with Crippen LogP contribution in [-0.4, -0.2) is 59.6 Å². The standard InChI is InChI=1S/C10H18N2O2/c1-11-7-3-10(4-8-11,9(13)14)12-5-2-6-12/h2-8H2,1H3,(H,13,14). The van der Waals surface area contributed by atoms with Crippen molar-refractivity contribution in [3.8, 4) is 0 Å². The Morgan fingerprint density at radius 3 is 2.14 bits per heavy atom. The van der Waals surface area contributed by atoms with Gasteiger partial charge in [-0.3, -0.25) is 9.69 Å². The second-order valence-electron chi connectivity index (χ2n) is 4.48. The van der Waals surface area contributed by atoms with Gasteiger partial charge in [-0.1, -0.05) is 0 Å². The monoisotopic (exact) mass is 198 g/mol. The van der Waals surface area contributed by atoms with Crippen LogP contribution in [0.15, 0.2) is 0 Å². The van der Waals surface area contributed by atoms with Crippen LogP contribution < -0.4 is 0 Å². The van der Waals surface area contributed by atoms with Crippen molar-refractivity contribution in [2.75, 3.05) is 33.2 Å². The fourth-order valence-electron chi connectivity index (χ4n) is 2.40. The lowest BCUT2D eigenvalue weighted by molar-refractivity contribution is -0.159. The topological polar surface area (TPSA) is 43.8 Å². The predicted molar refractivity (Wildman–Crippen MR) is 53.3 cm³/mol. The fourth-order valence-corrected chi connectivity index (χ4v) is 2.40. The highest BCUT2D eigenvalue weighted by atomic mass is 16.4. The summed E-state index contributed by atoms with van der Waals surface area (Å²) in [5.41, 5.74) is -0.537. The minimum absolute atomic E-state index is 0.537. The van der Waals surface area contributed by atoms with Crippen molar-refractivity contribution in [2.24, 2.45) is 0 Å². The highest BCUT2D eigenvalue weighted by molar-refractivity contribution is 5.79. The van der Waals surface area contributed by atoms with Gasteiger partial charge in [-0.05, 0) is 26.3 Å². The van der Waals surface area contributed by atoms with Crippen LogP contribution in [0, 0.1) is 0 Å². The largest absolute Gasteiger partial charge is 0.480 e. The molecule has 0 spiro atoms. The molecule has 4 heteroatoms. The van der Waals surface area contributed by atoms with Crippen LogP contribution >= 0.6 is 0 Å². The molecule has 2 saturated heterocycles. The van der Waals surface area contributed by atoms with Gasteiger partial charge in [0, 0.05) is 26.2 Å². The van der Waals surface area contributed by atoms with Gasteiger partial charge < -0.3 is 10.0 Å². The first-order valence-corrected chi connectivity index (χ1v) is 5.32. The van der Waals surface area contributed by atoms with Crippen molar-refractivity contribution in [3.05, 3.63) is 0 Å². The zero-order valence-electron chi connectivity index (χ0n) is 8.70. The Bertz CT molecular complexity index is 230. The normalized spacial score (nSPS) is 28.4. The molecule has 0 aromatic heterocycles. The zero-order chi connectivity index (χ0) is 10.2. The van der Waals surface area contributed by atoms with Crippen LogP contribution in [0.25, 0.3) is 0 Å². The molecule has 2 heterocycles. The van der Waals surface area contributed by atoms with Crippen LogP contribution in [0.5, 0.6) is 0 Å². The molecule has 0 amide bonds. The molecule has 14 heavy (non-hydrogen) atoms. The van der Waals surface area contributed by atoms with Gasteiger partial charge in [0.2, 0.25) is 0 Å². The molecule has 0 aromatic carbocycles. The number of hydrogen-bond donors (Lipinski definition) is 1. The second kappa shape index (κ2) is 3.51. The summed E-state index contributed by atoms with van der Waals surface area (Å²) in [5, 5.41) is 9.35. The number of nitrogens with zero attached hydrogens (tertiary/aromatic N) is 2. The Kier molecular flexibility index (Phi) is 2.49. The average Bonchev–Trinajstić information content (AvgIpc) is 2.05. The van der Waals surface area contributed by atoms with Gasteiger partial charge in [0.1, 0.15) is 5.54 Å². The van der Waals surface area contributed by atoms with Crippen LogP contribution in [0.4, 0.5) is 0 Å². The minimum Gasteiger partial charge on any atom is -0.480 e. The van der Waals surface area contributed by atoms with E-state index in [1.807, 2.05) is 0 Å². The van der Waals surface area contributed by atoms with E-state index in [2.05, 4.69) is 16.8 Å². The third-order valence-corrected chi connectivity index (χ3v) is 3.67. The number of hydrogen-bond acceptors (Lipinski definition) is 3. The Morgan fingerprint density at radius 2 is 1.79 bits per heavy atom. The van der Waals surface area contributed by atoms with Crippen LogP contribution in [0.3, 0.4) is 0 Å². The summed E-state index contributed by atoms with van der Waals surface area (Å²) in [5.74, 6) is -0.620. The molecule has 0 aliphatic carbocycles. The quantitative estimate of drug-likeness (QED) is 0.690. The van der Waals surface area contributed by atoms with E-state index in [0.29, 0.717) is 0 Å². The first-order valence-electron chi connectivity index (χ1n) is 5.32. The van der Waals surface area contributed by atoms with Crippen LogP contribution in [-0.2, 0) is 4.79 Å². The van der Waals surface area contributed by atoms with Crippen molar-refractivity contribution in [1.29, 1.82) is 0 Å². The third kappa shape index (κ3) is 1.42. The van der Waals surface area contributed by atoms with Crippen molar-refractivity contribution < 1.29 is 9.90 Å². The predicted octanol–water partition coefficient (Wildman–Crippen LogP) is 0.241. The first kappa shape index (κ1) is 9.93. The van der Waals surface area contributed by atoms with E-state index in [1.165, 1.54) is 0 Å². The highest BCUT2D eigenvalue weighted by Crippen LogP contribution is 2.32. The number of carboxylic acid groups (broad SMARTS) is 1. The molecule has 0 bridgehead atoms. The number of carbonyl (C=O) groups is 1. The van der Waals surface area contributed by atoms with Gasteiger partial charge in [0.05, 0.1) is 0 Å². The van der Waals surface area contributed by atoms with E-state index in [9.17, 15) is 9.90 Å². The molecule has 2 rings (SSSR count). The molecule has 2 aliphatic rings. The number of carboxylic acids is 1. The lowest BCUT2D eigenvalue weighted by atomic mass is 9.83. The van der Waals surface area contributed by atoms with Crippen molar-refractivity contribution in [1.82, 2.24) is 9.80 Å². The van der Waals surface area contributed by atoms with E-state index in [4.69, 9.17) is 0 Å². The second-order valence-corrected chi connectivity index (χ2v) is 4.48. The maximum Gasteiger partial charge on any atom is 0.324 e. The van der Waals surface area contributed by atoms with Crippen molar-refractivity contribution in [3.63, 3.8) is 0 Å². The molecule has 4 nitrogen and oxygen atoms in total. The smallest absolute Gasteiger partial charge is 0.324 e. The zero-order valence-corrected chi connectivity index (χ0v) is 8.70. The third-order valence-electron chi connectivity index (χ3n) is 3.67. The molecular formula is C10H18N2O2. The van der Waals surface area contributed by atoms with Gasteiger partial charge >= 0.3 is 5.97 Å². The molecule has 1 N–H and O–H groups in total. The lowest BCUT2D eigenvalue weighted by Gasteiger charge is -2.49. The number of likely N-dealkylation sites (tertiary alicyclic amines) is 2. The minimum atomic E-state index is -0.620. The lowest BCUT2D eigenvalue weighted by Crippen LogP contribution is -2.63. The van der Waals surface area contributed by atoms with Gasteiger partial charge in [-0.15, -0.1) is 0 Å². The molecule has 2 fully saturated rings. The van der Waals surface area contributed by atoms with Gasteiger partial charge in [0.25, 0.3) is 0 Å². The molecule has 0 aromatic rings. The number of rotatable bonds is 2. The maximum atomic E-state index is 11.4. The first-order chi connectivity index (χ1) is 6.65. The van der Waals surface area contributed by atoms with Crippen LogP contribution in [0.1, 0.15) is 19.3 Å². The molecular weight excluding hydrogens is 180 g/mol. The number of aliphatic carboxylic acids is 1. The molecule has 80 valence electrons. The maximum absolute atomic E-state index is 11.4. The summed E-state index contributed by atoms with van der Waals surface area (Å²) in [7, 11) is 2.06. The molecule has 0 unspecified atom stereocenters. The molecule has 0 atom stereocenters. The molecule has 2 aliphatic heterocycles. The summed E-state index contributed by atoms with van der Waals surface area (Å²) in [6.45, 7) is 3.75. The summed E-state index contributed by atoms with van der Waals surface area (Å²) in [6, 6.07) is 0. The van der Waals surface area contributed by atoms with Crippen LogP contribution in [0.2, 0.25) is 0 Å². The Labute approximate surface area is 84.5 Å². The molecule has 0 radical (unpaired) electrons. The SMILES string of the molecule is CN1CCC(C(=O)O)(N2CCC2)CC1. The highest BCUT2D eigenvalue weighted by Gasteiger charge is 2.47. The van der Waals surface area contributed by atoms with Gasteiger partial charge in [-0.25, -0.2) is 0 Å². The van der Waals surface area contributed by atoms with E-state index >= 15 is 0 Å². The number of piperidine rings is 1. The van der Waals surface area contributed by atoms with Crippen molar-refractivity contribution in [2.45, 2.75) is 24.8 Å².